The molecule has 2 aromatic rings. The second-order valence-corrected chi connectivity index (χ2v) is 11.7. The van der Waals surface area contributed by atoms with E-state index in [2.05, 4.69) is 11.8 Å². The van der Waals surface area contributed by atoms with Gasteiger partial charge in [-0.2, -0.15) is 0 Å². The van der Waals surface area contributed by atoms with Crippen molar-refractivity contribution < 1.29 is 23.8 Å². The van der Waals surface area contributed by atoms with Crippen molar-refractivity contribution in [2.45, 2.75) is 58.2 Å². The van der Waals surface area contributed by atoms with Gasteiger partial charge in [0.15, 0.2) is 0 Å². The van der Waals surface area contributed by atoms with Gasteiger partial charge in [-0.1, -0.05) is 24.6 Å². The minimum absolute atomic E-state index is 0.0144. The lowest BCUT2D eigenvalue weighted by molar-refractivity contribution is -0.120. The first-order valence-corrected chi connectivity index (χ1v) is 13.2. The number of rotatable bonds is 5. The molecule has 1 saturated carbocycles. The Balaban J connectivity index is 1.33. The van der Waals surface area contributed by atoms with Gasteiger partial charge in [0.05, 0.1) is 22.8 Å². The van der Waals surface area contributed by atoms with E-state index in [0.717, 1.165) is 37.9 Å². The van der Waals surface area contributed by atoms with Crippen molar-refractivity contribution in [3.63, 3.8) is 0 Å². The van der Waals surface area contributed by atoms with Gasteiger partial charge in [-0.3, -0.25) is 9.69 Å². The highest BCUT2D eigenvalue weighted by atomic mass is 35.5. The number of ether oxygens (including phenoxy) is 2. The molecule has 0 aromatic heterocycles. The predicted molar refractivity (Wildman–Crippen MR) is 135 cm³/mol. The number of phenols is 1. The number of nitrogens with zero attached hydrogens (tertiary/aromatic N) is 2. The molecule has 36 heavy (non-hydrogen) atoms. The number of amides is 1. The van der Waals surface area contributed by atoms with E-state index in [1.165, 1.54) is 31.0 Å². The average Bonchev–Trinajstić information content (AvgIpc) is 3.40. The third kappa shape index (κ3) is 3.74. The number of likely N-dealkylation sites (tertiary alicyclic amines) is 1. The SMILES string of the molecule is CCOc1cc2c(c(Cl)c1-c1c(O)cccc1F)OCC1CC3(CC(C4(C)CC4)N(C=O)C3)CN1C2. The van der Waals surface area contributed by atoms with Gasteiger partial charge in [0.25, 0.3) is 0 Å². The zero-order valence-corrected chi connectivity index (χ0v) is 21.5. The zero-order valence-electron chi connectivity index (χ0n) is 20.7. The molecule has 3 fully saturated rings. The fourth-order valence-electron chi connectivity index (χ4n) is 6.84. The van der Waals surface area contributed by atoms with Crippen LogP contribution in [0, 0.1) is 16.6 Å². The van der Waals surface area contributed by atoms with Crippen molar-refractivity contribution >= 4 is 18.0 Å². The van der Waals surface area contributed by atoms with Crippen LogP contribution in [0.5, 0.6) is 17.2 Å². The predicted octanol–water partition coefficient (Wildman–Crippen LogP) is 5.23. The summed E-state index contributed by atoms with van der Waals surface area (Å²) in [4.78, 5) is 16.4. The van der Waals surface area contributed by atoms with E-state index in [1.807, 2.05) is 17.9 Å². The molecule has 8 heteroatoms. The third-order valence-corrected chi connectivity index (χ3v) is 9.20. The molecule has 3 unspecified atom stereocenters. The number of carbonyl (C=O) groups is 1. The van der Waals surface area contributed by atoms with Crippen LogP contribution in [0.4, 0.5) is 4.39 Å². The lowest BCUT2D eigenvalue weighted by atomic mass is 9.80. The fourth-order valence-corrected chi connectivity index (χ4v) is 7.20. The number of phenolic OH excluding ortho intramolecular Hbond substituents is 1. The number of carbonyl (C=O) groups excluding carboxylic acids is 1. The molecule has 2 aromatic carbocycles. The van der Waals surface area contributed by atoms with Crippen molar-refractivity contribution in [2.75, 3.05) is 26.3 Å². The summed E-state index contributed by atoms with van der Waals surface area (Å²) in [6.45, 7) is 7.33. The summed E-state index contributed by atoms with van der Waals surface area (Å²) in [7, 11) is 0. The zero-order chi connectivity index (χ0) is 25.2. The van der Waals surface area contributed by atoms with Gasteiger partial charge >= 0.3 is 0 Å². The molecule has 3 heterocycles. The Labute approximate surface area is 215 Å². The minimum Gasteiger partial charge on any atom is -0.507 e. The van der Waals surface area contributed by atoms with E-state index in [1.54, 1.807) is 0 Å². The topological polar surface area (TPSA) is 62.2 Å². The number of halogens is 2. The Morgan fingerprint density at radius 3 is 2.78 bits per heavy atom. The van der Waals surface area contributed by atoms with Crippen LogP contribution in [-0.2, 0) is 11.3 Å². The molecule has 2 saturated heterocycles. The van der Waals surface area contributed by atoms with E-state index >= 15 is 0 Å². The second-order valence-electron chi connectivity index (χ2n) is 11.3. The molecule has 1 N–H and O–H groups in total. The standard InChI is InChI=1S/C28H32ClFN2O4/c1-3-35-21-9-17-12-31-14-28(11-22(27(2)7-8-27)32(15-28)16-33)10-18(31)13-36-26(17)25(29)24(21)23-19(30)5-4-6-20(23)34/h4-6,9,16,18,22,34H,3,7-8,10-15H2,1-2H3. The summed E-state index contributed by atoms with van der Waals surface area (Å²) in [5.41, 5.74) is 1.55. The van der Waals surface area contributed by atoms with Crippen molar-refractivity contribution in [1.82, 2.24) is 9.80 Å². The van der Waals surface area contributed by atoms with E-state index in [4.69, 9.17) is 21.1 Å². The molecule has 3 atom stereocenters. The van der Waals surface area contributed by atoms with Gasteiger partial charge in [0, 0.05) is 42.7 Å². The number of aromatic hydroxyl groups is 1. The third-order valence-electron chi connectivity index (χ3n) is 8.84. The highest BCUT2D eigenvalue weighted by Gasteiger charge is 2.58. The maximum atomic E-state index is 14.8. The monoisotopic (exact) mass is 514 g/mol. The molecule has 6 rings (SSSR count). The van der Waals surface area contributed by atoms with E-state index in [-0.39, 0.29) is 33.2 Å². The highest BCUT2D eigenvalue weighted by molar-refractivity contribution is 6.35. The van der Waals surface area contributed by atoms with Crippen molar-refractivity contribution in [3.05, 3.63) is 40.7 Å². The summed E-state index contributed by atoms with van der Waals surface area (Å²) < 4.78 is 27.0. The molecule has 1 amide bonds. The largest absolute Gasteiger partial charge is 0.507 e. The molecular weight excluding hydrogens is 483 g/mol. The van der Waals surface area contributed by atoms with Crippen LogP contribution in [0.25, 0.3) is 11.1 Å². The van der Waals surface area contributed by atoms with Crippen LogP contribution in [0.15, 0.2) is 24.3 Å². The Hall–Kier alpha value is -2.51. The lowest BCUT2D eigenvalue weighted by Gasteiger charge is -2.25. The molecular formula is C28H32ClFN2O4. The Bertz CT molecular complexity index is 1200. The van der Waals surface area contributed by atoms with E-state index in [9.17, 15) is 14.3 Å². The van der Waals surface area contributed by atoms with Gasteiger partial charge in [-0.25, -0.2) is 4.39 Å². The quantitative estimate of drug-likeness (QED) is 0.553. The van der Waals surface area contributed by atoms with E-state index in [0.29, 0.717) is 42.9 Å². The van der Waals surface area contributed by atoms with Gasteiger partial charge in [-0.05, 0) is 56.2 Å². The molecule has 6 nitrogen and oxygen atoms in total. The smallest absolute Gasteiger partial charge is 0.209 e. The maximum Gasteiger partial charge on any atom is 0.209 e. The van der Waals surface area contributed by atoms with E-state index < -0.39 is 5.82 Å². The van der Waals surface area contributed by atoms with Crippen molar-refractivity contribution in [2.24, 2.45) is 10.8 Å². The molecule has 0 radical (unpaired) electrons. The minimum atomic E-state index is -0.575. The van der Waals surface area contributed by atoms with Crippen molar-refractivity contribution in [3.8, 4) is 28.4 Å². The van der Waals surface area contributed by atoms with Gasteiger partial charge in [0.2, 0.25) is 6.41 Å². The van der Waals surface area contributed by atoms with Gasteiger partial charge in [0.1, 0.15) is 29.7 Å². The average molecular weight is 515 g/mol. The van der Waals surface area contributed by atoms with Crippen LogP contribution in [0.1, 0.15) is 45.1 Å². The fraction of sp³-hybridized carbons (Fsp3) is 0.536. The van der Waals surface area contributed by atoms with Gasteiger partial charge in [-0.15, -0.1) is 0 Å². The first kappa shape index (κ1) is 23.9. The molecule has 3 aliphatic heterocycles. The summed E-state index contributed by atoms with van der Waals surface area (Å²) in [6.07, 6.45) is 5.44. The Morgan fingerprint density at radius 2 is 2.08 bits per heavy atom. The van der Waals surface area contributed by atoms with Crippen LogP contribution in [0.2, 0.25) is 5.02 Å². The van der Waals surface area contributed by atoms with Gasteiger partial charge < -0.3 is 19.5 Å². The molecule has 0 bridgehead atoms. The number of hydrogen-bond donors (Lipinski definition) is 1. The van der Waals surface area contributed by atoms with Crippen LogP contribution in [0.3, 0.4) is 0 Å². The lowest BCUT2D eigenvalue weighted by Crippen LogP contribution is -2.34. The van der Waals surface area contributed by atoms with Crippen LogP contribution < -0.4 is 9.47 Å². The first-order valence-electron chi connectivity index (χ1n) is 12.8. The molecule has 192 valence electrons. The van der Waals surface area contributed by atoms with Crippen molar-refractivity contribution in [1.29, 1.82) is 0 Å². The normalized spacial score (nSPS) is 28.4. The second kappa shape index (κ2) is 8.52. The summed E-state index contributed by atoms with van der Waals surface area (Å²) in [5, 5.41) is 10.7. The Kier molecular flexibility index (Phi) is 5.65. The molecule has 1 spiro atoms. The number of benzene rings is 2. The Morgan fingerprint density at radius 1 is 1.28 bits per heavy atom. The first-order chi connectivity index (χ1) is 17.3. The highest BCUT2D eigenvalue weighted by Crippen LogP contribution is 2.58. The molecule has 1 aliphatic carbocycles. The summed E-state index contributed by atoms with van der Waals surface area (Å²) in [6, 6.07) is 6.58. The number of hydrogen-bond acceptors (Lipinski definition) is 5. The van der Waals surface area contributed by atoms with Crippen LogP contribution in [-0.4, -0.2) is 59.7 Å². The van der Waals surface area contributed by atoms with Crippen LogP contribution >= 0.6 is 11.6 Å². The summed E-state index contributed by atoms with van der Waals surface area (Å²) in [5.74, 6) is 0.167. The summed E-state index contributed by atoms with van der Waals surface area (Å²) >= 11 is 6.86. The molecule has 4 aliphatic rings. The number of fused-ring (bicyclic) bond motifs is 2. The maximum absolute atomic E-state index is 14.8.